The molecule has 0 saturated carbocycles. The molecule has 6 nitrogen and oxygen atoms in total. The summed E-state index contributed by atoms with van der Waals surface area (Å²) in [7, 11) is 0. The highest BCUT2D eigenvalue weighted by atomic mass is 19.3. The van der Waals surface area contributed by atoms with Crippen LogP contribution < -0.4 is 14.4 Å². The van der Waals surface area contributed by atoms with E-state index in [1.54, 1.807) is 13.0 Å². The Morgan fingerprint density at radius 2 is 1.97 bits per heavy atom. The van der Waals surface area contributed by atoms with Crippen molar-refractivity contribution < 1.29 is 23.0 Å². The number of anilines is 1. The summed E-state index contributed by atoms with van der Waals surface area (Å²) in [4.78, 5) is 22.6. The average molecular weight is 419 g/mol. The van der Waals surface area contributed by atoms with Gasteiger partial charge in [-0.05, 0) is 38.5 Å². The lowest BCUT2D eigenvalue weighted by Gasteiger charge is -2.34. The van der Waals surface area contributed by atoms with Crippen molar-refractivity contribution >= 4 is 11.6 Å². The number of aromatic nitrogens is 2. The molecule has 0 spiro atoms. The van der Waals surface area contributed by atoms with Crippen LogP contribution in [-0.2, 0) is 0 Å². The number of ether oxygens (including phenoxy) is 2. The van der Waals surface area contributed by atoms with Gasteiger partial charge in [0.2, 0.25) is 5.88 Å². The molecule has 0 N–H and O–H groups in total. The smallest absolute Gasteiger partial charge is 0.278 e. The number of halogens is 2. The second-order valence-electron chi connectivity index (χ2n) is 7.81. The van der Waals surface area contributed by atoms with E-state index in [0.29, 0.717) is 11.3 Å². The first-order valence-corrected chi connectivity index (χ1v) is 10.00. The van der Waals surface area contributed by atoms with Crippen LogP contribution in [0.5, 0.6) is 11.6 Å². The topological polar surface area (TPSA) is 64.6 Å². The van der Waals surface area contributed by atoms with Crippen molar-refractivity contribution in [2.45, 2.75) is 52.6 Å². The minimum atomic E-state index is -2.90. The zero-order valence-electron chi connectivity index (χ0n) is 17.7. The molecule has 1 aliphatic heterocycles. The van der Waals surface area contributed by atoms with Crippen LogP contribution >= 0.6 is 0 Å². The maximum Gasteiger partial charge on any atom is 0.278 e. The molecule has 0 unspecified atom stereocenters. The summed E-state index contributed by atoms with van der Waals surface area (Å²) in [6.07, 6.45) is 3.15. The minimum absolute atomic E-state index is 0.0233. The van der Waals surface area contributed by atoms with Crippen molar-refractivity contribution in [1.82, 2.24) is 9.97 Å². The lowest BCUT2D eigenvalue weighted by Crippen LogP contribution is -2.39. The summed E-state index contributed by atoms with van der Waals surface area (Å²) in [5.41, 5.74) is 2.40. The number of ketones is 1. The van der Waals surface area contributed by atoms with Gasteiger partial charge < -0.3 is 14.4 Å². The molecule has 1 fully saturated rings. The molecule has 3 heterocycles. The van der Waals surface area contributed by atoms with Gasteiger partial charge in [-0.25, -0.2) is 18.7 Å². The minimum Gasteiger partial charge on any atom is -0.489 e. The predicted octanol–water partition coefficient (Wildman–Crippen LogP) is 4.38. The van der Waals surface area contributed by atoms with Gasteiger partial charge in [-0.2, -0.15) is 0 Å². The third kappa shape index (κ3) is 5.64. The highest BCUT2D eigenvalue weighted by Gasteiger charge is 2.24. The van der Waals surface area contributed by atoms with Gasteiger partial charge in [0.1, 0.15) is 17.7 Å². The summed E-state index contributed by atoms with van der Waals surface area (Å²) < 4.78 is 36.7. The lowest BCUT2D eigenvalue weighted by molar-refractivity contribution is -0.0242. The fourth-order valence-corrected chi connectivity index (χ4v) is 3.47. The quantitative estimate of drug-likeness (QED) is 0.621. The molecule has 30 heavy (non-hydrogen) atoms. The number of aryl methyl sites for hydroxylation is 2. The first-order chi connectivity index (χ1) is 14.1. The van der Waals surface area contributed by atoms with Crippen LogP contribution in [0.25, 0.3) is 0 Å². The van der Waals surface area contributed by atoms with Crippen LogP contribution in [-0.4, -0.2) is 47.5 Å². The number of carbonyl (C=O) groups excluding carboxylic acids is 1. The van der Waals surface area contributed by atoms with Crippen molar-refractivity contribution in [3.05, 3.63) is 41.2 Å². The maximum atomic E-state index is 12.9. The molecule has 1 saturated heterocycles. The zero-order valence-corrected chi connectivity index (χ0v) is 17.7. The fourth-order valence-electron chi connectivity index (χ4n) is 3.47. The highest BCUT2D eigenvalue weighted by Crippen LogP contribution is 2.26. The fraction of sp³-hybridized carbons (Fsp3) is 0.500. The highest BCUT2D eigenvalue weighted by molar-refractivity contribution is 5.95. The van der Waals surface area contributed by atoms with Crippen LogP contribution in [0.2, 0.25) is 0 Å². The van der Waals surface area contributed by atoms with Crippen LogP contribution in [0, 0.1) is 13.8 Å². The van der Waals surface area contributed by atoms with Crippen molar-refractivity contribution in [3.8, 4) is 11.6 Å². The summed E-state index contributed by atoms with van der Waals surface area (Å²) >= 11 is 0. The van der Waals surface area contributed by atoms with Gasteiger partial charge in [-0.15, -0.1) is 0 Å². The molecular weight excluding hydrogens is 392 g/mol. The second-order valence-corrected chi connectivity index (χ2v) is 7.81. The van der Waals surface area contributed by atoms with Crippen molar-refractivity contribution in [2.24, 2.45) is 0 Å². The van der Waals surface area contributed by atoms with E-state index in [1.807, 2.05) is 19.9 Å². The Balaban J connectivity index is 1.55. The van der Waals surface area contributed by atoms with Gasteiger partial charge in [0, 0.05) is 44.5 Å². The Kier molecular flexibility index (Phi) is 6.53. The number of nitrogens with zero attached hydrogens (tertiary/aromatic N) is 3. The molecule has 0 aliphatic carbocycles. The summed E-state index contributed by atoms with van der Waals surface area (Å²) in [5, 5.41) is 0. The van der Waals surface area contributed by atoms with Crippen molar-refractivity contribution in [3.63, 3.8) is 0 Å². The lowest BCUT2D eigenvalue weighted by atomic mass is 10.0. The van der Waals surface area contributed by atoms with E-state index in [2.05, 4.69) is 14.9 Å². The number of hydrogen-bond donors (Lipinski definition) is 0. The first-order valence-electron chi connectivity index (χ1n) is 10.00. The second kappa shape index (κ2) is 8.93. The number of carbonyl (C=O) groups is 1. The van der Waals surface area contributed by atoms with Crippen molar-refractivity contribution in [2.75, 3.05) is 24.6 Å². The van der Waals surface area contributed by atoms with Crippen molar-refractivity contribution in [1.29, 1.82) is 0 Å². The standard InChI is InChI=1S/C22H27F2N3O3/c1-14-11-19(16(3)28)15(2)26-21(14)27-9-7-17(8-10-27)30-18-5-6-20(25-12-18)29-13-22(4,23)24/h5-6,11-12,17H,7-10,13H2,1-4H3. The third-order valence-electron chi connectivity index (χ3n) is 4.98. The van der Waals surface area contributed by atoms with E-state index in [1.165, 1.54) is 12.3 Å². The zero-order chi connectivity index (χ0) is 21.9. The Morgan fingerprint density at radius 3 is 2.53 bits per heavy atom. The maximum absolute atomic E-state index is 12.9. The van der Waals surface area contributed by atoms with Crippen LogP contribution in [0.4, 0.5) is 14.6 Å². The molecule has 1 aliphatic rings. The Morgan fingerprint density at radius 1 is 1.27 bits per heavy atom. The summed E-state index contributed by atoms with van der Waals surface area (Å²) in [6.45, 7) is 7.05. The Bertz CT molecular complexity index is 890. The summed E-state index contributed by atoms with van der Waals surface area (Å²) in [5.74, 6) is -1.24. The van der Waals surface area contributed by atoms with E-state index in [0.717, 1.165) is 49.9 Å². The number of Topliss-reactive ketones (excluding diaryl/α,β-unsaturated/α-hetero) is 1. The van der Waals surface area contributed by atoms with Gasteiger partial charge in [0.15, 0.2) is 12.4 Å². The molecule has 0 bridgehead atoms. The van der Waals surface area contributed by atoms with Gasteiger partial charge >= 0.3 is 0 Å². The molecular formula is C22H27F2N3O3. The SMILES string of the molecule is CC(=O)c1cc(C)c(N2CCC(Oc3ccc(OCC(C)(F)F)nc3)CC2)nc1C. The molecule has 2 aromatic rings. The van der Waals surface area contributed by atoms with Crippen LogP contribution in [0.3, 0.4) is 0 Å². The van der Waals surface area contributed by atoms with E-state index in [9.17, 15) is 13.6 Å². The van der Waals surface area contributed by atoms with Gasteiger partial charge in [-0.1, -0.05) is 0 Å². The molecule has 3 rings (SSSR count). The average Bonchev–Trinajstić information content (AvgIpc) is 2.69. The number of hydrogen-bond acceptors (Lipinski definition) is 6. The van der Waals surface area contributed by atoms with Gasteiger partial charge in [-0.3, -0.25) is 4.79 Å². The van der Waals surface area contributed by atoms with Gasteiger partial charge in [0.25, 0.3) is 5.92 Å². The molecule has 0 atom stereocenters. The Hall–Kier alpha value is -2.77. The third-order valence-corrected chi connectivity index (χ3v) is 4.98. The number of piperidine rings is 1. The molecule has 0 aromatic carbocycles. The van der Waals surface area contributed by atoms with E-state index in [-0.39, 0.29) is 17.8 Å². The van der Waals surface area contributed by atoms with Gasteiger partial charge in [0.05, 0.1) is 11.9 Å². The molecule has 0 radical (unpaired) electrons. The number of alkyl halides is 2. The number of rotatable bonds is 7. The summed E-state index contributed by atoms with van der Waals surface area (Å²) in [6, 6.07) is 5.12. The Labute approximate surface area is 175 Å². The van der Waals surface area contributed by atoms with Crippen LogP contribution in [0.1, 0.15) is 48.3 Å². The van der Waals surface area contributed by atoms with E-state index in [4.69, 9.17) is 9.47 Å². The normalized spacial score (nSPS) is 15.2. The molecule has 162 valence electrons. The number of pyridine rings is 2. The molecule has 8 heteroatoms. The molecule has 0 amide bonds. The van der Waals surface area contributed by atoms with Crippen LogP contribution in [0.15, 0.2) is 24.4 Å². The van der Waals surface area contributed by atoms with E-state index < -0.39 is 12.5 Å². The predicted molar refractivity (Wildman–Crippen MR) is 110 cm³/mol. The van der Waals surface area contributed by atoms with E-state index >= 15 is 0 Å². The monoisotopic (exact) mass is 419 g/mol. The molecule has 2 aromatic heterocycles. The largest absolute Gasteiger partial charge is 0.489 e. The first kappa shape index (κ1) is 21.9.